The van der Waals surface area contributed by atoms with E-state index in [9.17, 15) is 19.5 Å². The largest absolute Gasteiger partial charge is 0.497 e. The summed E-state index contributed by atoms with van der Waals surface area (Å²) in [5, 5.41) is 14.4. The maximum atomic E-state index is 13.5. The highest BCUT2D eigenvalue weighted by atomic mass is 16.6. The molecule has 0 radical (unpaired) electrons. The van der Waals surface area contributed by atoms with Crippen molar-refractivity contribution in [2.45, 2.75) is 68.5 Å². The van der Waals surface area contributed by atoms with Gasteiger partial charge in [-0.3, -0.25) is 19.0 Å². The van der Waals surface area contributed by atoms with Crippen LogP contribution < -0.4 is 14.8 Å². The number of carbonyl (C=O) groups excluding carboxylic acids is 3. The number of Topliss-reactive ketones (excluding diaryl/α,β-unsaturated/α-hetero) is 1. The number of methoxy groups -OCH3 is 2. The van der Waals surface area contributed by atoms with E-state index in [0.717, 1.165) is 33.4 Å². The number of aryl methyl sites for hydroxylation is 1. The van der Waals surface area contributed by atoms with Crippen molar-refractivity contribution < 1.29 is 43.2 Å². The number of aromatic nitrogens is 4. The molecule has 2 N–H and O–H groups in total. The van der Waals surface area contributed by atoms with Gasteiger partial charge >= 0.3 is 5.97 Å². The minimum absolute atomic E-state index is 0.00612. The number of hydrogen-bond acceptors (Lipinski definition) is 12. The average molecular weight is 978 g/mol. The van der Waals surface area contributed by atoms with Crippen LogP contribution in [0.15, 0.2) is 164 Å². The number of hydrogen-bond donors (Lipinski definition) is 2. The van der Waals surface area contributed by atoms with Crippen LogP contribution in [0.25, 0.3) is 22.3 Å². The molecule has 1 fully saturated rings. The predicted octanol–water partition coefficient (Wildman–Crippen LogP) is 9.78. The van der Waals surface area contributed by atoms with Crippen molar-refractivity contribution in [2.24, 2.45) is 0 Å². The van der Waals surface area contributed by atoms with Crippen molar-refractivity contribution in [3.05, 3.63) is 203 Å². The van der Waals surface area contributed by atoms with Crippen molar-refractivity contribution in [1.29, 1.82) is 0 Å². The highest BCUT2D eigenvalue weighted by molar-refractivity contribution is 6.06. The van der Waals surface area contributed by atoms with Crippen LogP contribution in [0.3, 0.4) is 0 Å². The van der Waals surface area contributed by atoms with Gasteiger partial charge < -0.3 is 34.1 Å². The molecule has 0 saturated carbocycles. The summed E-state index contributed by atoms with van der Waals surface area (Å²) in [6, 6.07) is 48.9. The topological polar surface area (TPSA) is 173 Å². The molecule has 3 atom stereocenters. The molecule has 14 heteroatoms. The Morgan fingerprint density at radius 3 is 1.96 bits per heavy atom. The molecule has 2 aliphatic rings. The SMILES string of the molecule is COc1ccc(C(OCC2OC(n3cnc4c(NC(=O)c5ccc(CCC(=O)CCCC(=O)OCC6c7ccccc7-c7ccccc76)cc5)ncnc43)CC2O)(c2ccccc2)c2ccc(OC)cc2)cc1. The van der Waals surface area contributed by atoms with E-state index in [2.05, 4.69) is 44.5 Å². The first kappa shape index (κ1) is 48.6. The van der Waals surface area contributed by atoms with Gasteiger partial charge in [0.1, 0.15) is 48.1 Å². The number of anilines is 1. The molecule has 0 spiro atoms. The first-order valence-electron chi connectivity index (χ1n) is 24.5. The van der Waals surface area contributed by atoms with Crippen molar-refractivity contribution in [3.63, 3.8) is 0 Å². The van der Waals surface area contributed by atoms with E-state index in [4.69, 9.17) is 23.7 Å². The van der Waals surface area contributed by atoms with Crippen LogP contribution >= 0.6 is 0 Å². The third-order valence-corrected chi connectivity index (χ3v) is 13.9. The van der Waals surface area contributed by atoms with Crippen LogP contribution in [0, 0.1) is 0 Å². The summed E-state index contributed by atoms with van der Waals surface area (Å²) in [4.78, 5) is 52.5. The molecule has 0 bridgehead atoms. The van der Waals surface area contributed by atoms with Crippen LogP contribution in [0.1, 0.15) is 88.0 Å². The molecule has 3 unspecified atom stereocenters. The molecule has 73 heavy (non-hydrogen) atoms. The fraction of sp³-hybridized carbons (Fsp3) is 0.254. The maximum Gasteiger partial charge on any atom is 0.305 e. The lowest BCUT2D eigenvalue weighted by Crippen LogP contribution is -2.38. The summed E-state index contributed by atoms with van der Waals surface area (Å²) in [5.41, 5.74) is 8.19. The summed E-state index contributed by atoms with van der Waals surface area (Å²) < 4.78 is 32.0. The van der Waals surface area contributed by atoms with Gasteiger partial charge in [0.05, 0.1) is 33.3 Å². The molecular formula is C59H55N5O9. The Balaban J connectivity index is 0.731. The van der Waals surface area contributed by atoms with E-state index in [-0.39, 0.29) is 56.0 Å². The van der Waals surface area contributed by atoms with E-state index < -0.39 is 29.9 Å². The molecule has 1 saturated heterocycles. The quantitative estimate of drug-likeness (QED) is 0.0548. The van der Waals surface area contributed by atoms with Crippen molar-refractivity contribution in [1.82, 2.24) is 19.5 Å². The molecule has 14 nitrogen and oxygen atoms in total. The summed E-state index contributed by atoms with van der Waals surface area (Å²) in [6.07, 6.45) is 2.55. The Kier molecular flexibility index (Phi) is 14.5. The number of carbonyl (C=O) groups is 3. The molecule has 370 valence electrons. The van der Waals surface area contributed by atoms with E-state index in [1.54, 1.807) is 37.2 Å². The van der Waals surface area contributed by atoms with Crippen molar-refractivity contribution >= 4 is 34.6 Å². The van der Waals surface area contributed by atoms with E-state index in [1.807, 2.05) is 115 Å². The number of amides is 1. The molecule has 1 aliphatic carbocycles. The number of fused-ring (bicyclic) bond motifs is 4. The number of benzene rings is 6. The fourth-order valence-corrected chi connectivity index (χ4v) is 10.0. The highest BCUT2D eigenvalue weighted by Crippen LogP contribution is 2.45. The minimum atomic E-state index is -1.11. The molecule has 1 aliphatic heterocycles. The molecular weight excluding hydrogens is 923 g/mol. The second-order valence-corrected chi connectivity index (χ2v) is 18.2. The van der Waals surface area contributed by atoms with Crippen LogP contribution in [0.5, 0.6) is 11.5 Å². The number of imidazole rings is 1. The van der Waals surface area contributed by atoms with Crippen LogP contribution in [-0.2, 0) is 35.8 Å². The van der Waals surface area contributed by atoms with Crippen LogP contribution in [0.4, 0.5) is 5.82 Å². The zero-order valence-electron chi connectivity index (χ0n) is 40.6. The number of ether oxygens (including phenoxy) is 5. The van der Waals surface area contributed by atoms with Crippen molar-refractivity contribution in [2.75, 3.05) is 32.8 Å². The Bertz CT molecular complexity index is 3120. The van der Waals surface area contributed by atoms with Crippen molar-refractivity contribution in [3.8, 4) is 22.6 Å². The summed E-state index contributed by atoms with van der Waals surface area (Å²) in [7, 11) is 3.25. The lowest BCUT2D eigenvalue weighted by molar-refractivity contribution is -0.144. The minimum Gasteiger partial charge on any atom is -0.497 e. The van der Waals surface area contributed by atoms with E-state index in [1.165, 1.54) is 17.5 Å². The Hall–Kier alpha value is -8.04. The smallest absolute Gasteiger partial charge is 0.305 e. The standard InChI is InChI=1S/C59H55N5O9/c1-69-44-29-24-41(25-30-44)59(40-11-4-3-5-12-40,42-26-31-45(70-2)32-27-42)72-35-52-51(66)33-53(73-52)64-37-62-55-56(60-36-61-57(55)64)63-58(68)39-22-19-38(20-23-39)21-28-43(65)13-10-18-54(67)71-34-50-48-16-8-6-14-46(48)47-15-7-9-17-49(47)50/h3-9,11-12,14-17,19-20,22-27,29-32,36-37,50-53,66H,10,13,18,21,28,33-35H2,1-2H3,(H,60,61,63,68). The summed E-state index contributed by atoms with van der Waals surface area (Å²) in [6.45, 7) is 0.286. The Morgan fingerprint density at radius 1 is 0.699 bits per heavy atom. The van der Waals surface area contributed by atoms with Gasteiger partial charge in [0, 0.05) is 37.2 Å². The molecule has 6 aromatic carbocycles. The maximum absolute atomic E-state index is 13.5. The fourth-order valence-electron chi connectivity index (χ4n) is 10.0. The molecule has 10 rings (SSSR count). The third kappa shape index (κ3) is 10.2. The molecule has 8 aromatic rings. The van der Waals surface area contributed by atoms with E-state index >= 15 is 0 Å². The molecule has 1 amide bonds. The van der Waals surface area contributed by atoms with Gasteiger partial charge in [-0.15, -0.1) is 0 Å². The number of nitrogens with one attached hydrogen (secondary N) is 1. The number of rotatable bonds is 20. The first-order valence-corrected chi connectivity index (χ1v) is 24.5. The monoisotopic (exact) mass is 977 g/mol. The zero-order valence-corrected chi connectivity index (χ0v) is 40.6. The van der Waals surface area contributed by atoms with Gasteiger partial charge in [-0.25, -0.2) is 15.0 Å². The van der Waals surface area contributed by atoms with Gasteiger partial charge in [-0.1, -0.05) is 115 Å². The molecule has 2 aromatic heterocycles. The van der Waals surface area contributed by atoms with Gasteiger partial charge in [0.15, 0.2) is 17.0 Å². The number of aliphatic hydroxyl groups excluding tert-OH is 1. The number of nitrogens with zero attached hydrogens (tertiary/aromatic N) is 4. The highest BCUT2D eigenvalue weighted by Gasteiger charge is 2.42. The normalized spacial score (nSPS) is 16.2. The van der Waals surface area contributed by atoms with Gasteiger partial charge in [0.25, 0.3) is 5.91 Å². The second kappa shape index (κ2) is 21.8. The first-order chi connectivity index (χ1) is 35.7. The number of aliphatic hydroxyl groups is 1. The van der Waals surface area contributed by atoms with Crippen LogP contribution in [-0.4, -0.2) is 81.9 Å². The average Bonchev–Trinajstić information content (AvgIpc) is 4.14. The summed E-state index contributed by atoms with van der Waals surface area (Å²) >= 11 is 0. The van der Waals surface area contributed by atoms with Crippen LogP contribution in [0.2, 0.25) is 0 Å². The van der Waals surface area contributed by atoms with E-state index in [0.29, 0.717) is 47.5 Å². The second-order valence-electron chi connectivity index (χ2n) is 18.2. The zero-order chi connectivity index (χ0) is 50.3. The number of ketones is 1. The Labute approximate surface area is 422 Å². The lowest BCUT2D eigenvalue weighted by atomic mass is 9.80. The number of esters is 1. The predicted molar refractivity (Wildman–Crippen MR) is 274 cm³/mol. The van der Waals surface area contributed by atoms with Gasteiger partial charge in [0.2, 0.25) is 0 Å². The van der Waals surface area contributed by atoms with Gasteiger partial charge in [-0.05, 0) is 93.7 Å². The van der Waals surface area contributed by atoms with Gasteiger partial charge in [-0.2, -0.15) is 0 Å². The third-order valence-electron chi connectivity index (χ3n) is 13.9. The Morgan fingerprint density at radius 2 is 1.32 bits per heavy atom. The summed E-state index contributed by atoms with van der Waals surface area (Å²) in [5.74, 6) is 0.962. The molecule has 3 heterocycles. The lowest BCUT2D eigenvalue weighted by Gasteiger charge is -2.37.